The zero-order valence-corrected chi connectivity index (χ0v) is 16.7. The van der Waals surface area contributed by atoms with Crippen molar-refractivity contribution in [2.45, 2.75) is 38.3 Å². The molecule has 2 heterocycles. The van der Waals surface area contributed by atoms with Crippen LogP contribution < -0.4 is 0 Å². The van der Waals surface area contributed by atoms with Crippen molar-refractivity contribution < 1.29 is 0 Å². The Labute approximate surface area is 167 Å². The number of rotatable bonds is 3. The maximum atomic E-state index is 5.19. The summed E-state index contributed by atoms with van der Waals surface area (Å²) in [7, 11) is 0. The summed E-state index contributed by atoms with van der Waals surface area (Å²) in [5, 5.41) is 0. The minimum atomic E-state index is -0.0734. The quantitative estimate of drug-likeness (QED) is 0.545. The lowest BCUT2D eigenvalue weighted by Gasteiger charge is -2.63. The Morgan fingerprint density at radius 3 is 2.11 bits per heavy atom. The average Bonchev–Trinajstić information content (AvgIpc) is 2.73. The van der Waals surface area contributed by atoms with Crippen molar-refractivity contribution in [2.24, 2.45) is 10.9 Å². The molecule has 2 aliphatic heterocycles. The van der Waals surface area contributed by atoms with E-state index in [-0.39, 0.29) is 11.5 Å². The van der Waals surface area contributed by atoms with Crippen LogP contribution in [0.5, 0.6) is 0 Å². The van der Waals surface area contributed by atoms with Crippen molar-refractivity contribution in [3.8, 4) is 0 Å². The fraction of sp³-hybridized carbons (Fsp3) is 0.269. The first-order valence-corrected chi connectivity index (χ1v) is 10.2. The second kappa shape index (κ2) is 6.34. The molecule has 28 heavy (non-hydrogen) atoms. The van der Waals surface area contributed by atoms with Crippen LogP contribution in [-0.2, 0) is 5.41 Å². The molecule has 2 nitrogen and oxygen atoms in total. The molecule has 0 bridgehead atoms. The molecule has 3 aromatic rings. The highest BCUT2D eigenvalue weighted by Gasteiger charge is 2.60. The van der Waals surface area contributed by atoms with Crippen molar-refractivity contribution in [1.82, 2.24) is 4.90 Å². The van der Waals surface area contributed by atoms with Crippen molar-refractivity contribution in [3.05, 3.63) is 102 Å². The SMILES string of the molecule is CC(C)[C@@H]1N2C(=Nc3ccccc3[C@@H]2c2ccccc2)[C@]1(C)c1ccccc1. The van der Waals surface area contributed by atoms with E-state index in [1.54, 1.807) is 0 Å². The first-order valence-electron chi connectivity index (χ1n) is 10.2. The molecule has 0 unspecified atom stereocenters. The number of para-hydroxylation sites is 1. The van der Waals surface area contributed by atoms with Gasteiger partial charge in [0.15, 0.2) is 0 Å². The van der Waals surface area contributed by atoms with Gasteiger partial charge in [0.2, 0.25) is 0 Å². The van der Waals surface area contributed by atoms with Crippen molar-refractivity contribution in [2.75, 3.05) is 0 Å². The Balaban J connectivity index is 1.73. The number of fused-ring (bicyclic) bond motifs is 2. The Hall–Kier alpha value is -2.87. The monoisotopic (exact) mass is 366 g/mol. The van der Waals surface area contributed by atoms with Crippen LogP contribution in [0.4, 0.5) is 5.69 Å². The van der Waals surface area contributed by atoms with Crippen LogP contribution in [0.3, 0.4) is 0 Å². The van der Waals surface area contributed by atoms with Gasteiger partial charge in [0, 0.05) is 11.6 Å². The minimum Gasteiger partial charge on any atom is -0.343 e. The van der Waals surface area contributed by atoms with Crippen molar-refractivity contribution >= 4 is 11.5 Å². The number of aliphatic imine (C=N–C) groups is 1. The summed E-state index contributed by atoms with van der Waals surface area (Å²) in [6.45, 7) is 7.05. The number of nitrogens with zero attached hydrogens (tertiary/aromatic N) is 2. The van der Waals surface area contributed by atoms with Crippen LogP contribution in [0, 0.1) is 5.92 Å². The molecular weight excluding hydrogens is 340 g/mol. The number of hydrogen-bond donors (Lipinski definition) is 0. The highest BCUT2D eigenvalue weighted by Crippen LogP contribution is 2.55. The average molecular weight is 367 g/mol. The molecule has 1 fully saturated rings. The Bertz CT molecular complexity index is 1020. The van der Waals surface area contributed by atoms with Gasteiger partial charge in [-0.2, -0.15) is 0 Å². The molecule has 140 valence electrons. The first-order chi connectivity index (χ1) is 13.6. The fourth-order valence-corrected chi connectivity index (χ4v) is 5.33. The van der Waals surface area contributed by atoms with E-state index in [1.807, 2.05) is 0 Å². The summed E-state index contributed by atoms with van der Waals surface area (Å²) in [6.07, 6.45) is 0. The van der Waals surface area contributed by atoms with Gasteiger partial charge in [0.05, 0.1) is 17.1 Å². The molecule has 2 heteroatoms. The lowest BCUT2D eigenvalue weighted by molar-refractivity contribution is 0.0805. The summed E-state index contributed by atoms with van der Waals surface area (Å²) in [6, 6.07) is 31.0. The van der Waals surface area contributed by atoms with E-state index in [0.717, 1.165) is 5.69 Å². The van der Waals surface area contributed by atoms with E-state index in [9.17, 15) is 0 Å². The maximum absolute atomic E-state index is 5.19. The van der Waals surface area contributed by atoms with E-state index in [4.69, 9.17) is 4.99 Å². The zero-order valence-electron chi connectivity index (χ0n) is 16.7. The van der Waals surface area contributed by atoms with E-state index >= 15 is 0 Å². The largest absolute Gasteiger partial charge is 0.343 e. The van der Waals surface area contributed by atoms with Gasteiger partial charge in [-0.05, 0) is 30.0 Å². The first kappa shape index (κ1) is 17.2. The van der Waals surface area contributed by atoms with Gasteiger partial charge in [-0.25, -0.2) is 4.99 Å². The second-order valence-corrected chi connectivity index (χ2v) is 8.47. The standard InChI is InChI=1S/C26H26N2/c1-18(2)24-26(3,20-14-8-5-9-15-20)25-27-22-17-11-10-16-21(22)23(28(24)25)19-12-6-4-7-13-19/h4-18,23-24H,1-3H3/t23-,24-,26+/m0/s1. The maximum Gasteiger partial charge on any atom is 0.118 e. The third kappa shape index (κ3) is 2.30. The van der Waals surface area contributed by atoms with E-state index in [1.165, 1.54) is 22.5 Å². The molecule has 0 radical (unpaired) electrons. The lowest BCUT2D eigenvalue weighted by atomic mass is 9.61. The van der Waals surface area contributed by atoms with E-state index in [2.05, 4.69) is 111 Å². The predicted molar refractivity (Wildman–Crippen MR) is 116 cm³/mol. The van der Waals surface area contributed by atoms with Gasteiger partial charge in [-0.1, -0.05) is 92.7 Å². The third-order valence-electron chi connectivity index (χ3n) is 6.46. The Morgan fingerprint density at radius 1 is 0.821 bits per heavy atom. The van der Waals surface area contributed by atoms with E-state index in [0.29, 0.717) is 12.0 Å². The molecule has 0 N–H and O–H groups in total. The third-order valence-corrected chi connectivity index (χ3v) is 6.46. The van der Waals surface area contributed by atoms with Gasteiger partial charge in [-0.15, -0.1) is 0 Å². The molecular formula is C26H26N2. The highest BCUT2D eigenvalue weighted by atomic mass is 15.3. The second-order valence-electron chi connectivity index (χ2n) is 8.47. The molecule has 1 saturated heterocycles. The molecule has 2 aliphatic rings. The number of hydrogen-bond acceptors (Lipinski definition) is 2. The molecule has 3 atom stereocenters. The van der Waals surface area contributed by atoms with Crippen LogP contribution in [0.25, 0.3) is 0 Å². The smallest absolute Gasteiger partial charge is 0.118 e. The molecule has 0 saturated carbocycles. The number of benzene rings is 3. The predicted octanol–water partition coefficient (Wildman–Crippen LogP) is 6.12. The summed E-state index contributed by atoms with van der Waals surface area (Å²) < 4.78 is 0. The topological polar surface area (TPSA) is 15.6 Å². The zero-order chi connectivity index (χ0) is 19.3. The van der Waals surface area contributed by atoms with Gasteiger partial charge in [0.1, 0.15) is 5.84 Å². The Morgan fingerprint density at radius 2 is 1.43 bits per heavy atom. The molecule has 0 amide bonds. The summed E-state index contributed by atoms with van der Waals surface area (Å²) >= 11 is 0. The van der Waals surface area contributed by atoms with Gasteiger partial charge in [-0.3, -0.25) is 0 Å². The summed E-state index contributed by atoms with van der Waals surface area (Å²) in [5.41, 5.74) is 5.03. The van der Waals surface area contributed by atoms with Crippen molar-refractivity contribution in [3.63, 3.8) is 0 Å². The Kier molecular flexibility index (Phi) is 3.90. The van der Waals surface area contributed by atoms with Crippen LogP contribution >= 0.6 is 0 Å². The van der Waals surface area contributed by atoms with Crippen LogP contribution in [0.15, 0.2) is 89.9 Å². The van der Waals surface area contributed by atoms with Gasteiger partial charge < -0.3 is 4.90 Å². The van der Waals surface area contributed by atoms with Gasteiger partial charge in [0.25, 0.3) is 0 Å². The summed E-state index contributed by atoms with van der Waals surface area (Å²) in [4.78, 5) is 7.77. The molecule has 5 rings (SSSR count). The lowest BCUT2D eigenvalue weighted by Crippen LogP contribution is -2.73. The molecule has 3 aromatic carbocycles. The number of amidine groups is 1. The molecule has 0 aliphatic carbocycles. The van der Waals surface area contributed by atoms with Crippen LogP contribution in [0.1, 0.15) is 43.5 Å². The van der Waals surface area contributed by atoms with Crippen LogP contribution in [0.2, 0.25) is 0 Å². The molecule has 0 spiro atoms. The summed E-state index contributed by atoms with van der Waals surface area (Å²) in [5.74, 6) is 1.71. The minimum absolute atomic E-state index is 0.0734. The highest BCUT2D eigenvalue weighted by molar-refractivity contribution is 6.03. The normalized spacial score (nSPS) is 25.6. The van der Waals surface area contributed by atoms with Gasteiger partial charge >= 0.3 is 0 Å². The fourth-order valence-electron chi connectivity index (χ4n) is 5.33. The van der Waals surface area contributed by atoms with Crippen LogP contribution in [-0.4, -0.2) is 16.8 Å². The molecule has 0 aromatic heterocycles. The van der Waals surface area contributed by atoms with E-state index < -0.39 is 0 Å². The van der Waals surface area contributed by atoms with Crippen molar-refractivity contribution in [1.29, 1.82) is 0 Å².